The molecule has 0 saturated carbocycles. The SMILES string of the molecule is C.CC(C)(C)NC(=O)C(C)(CCCC[B]OC(C)(C)C(C)(C)S)C1CCN(C2CCc3cc(Cl)ccc32)CC1.CN. The van der Waals surface area contributed by atoms with Crippen LogP contribution in [0.25, 0.3) is 0 Å². The van der Waals surface area contributed by atoms with E-state index in [9.17, 15) is 4.79 Å². The van der Waals surface area contributed by atoms with E-state index in [1.165, 1.54) is 24.6 Å². The van der Waals surface area contributed by atoms with E-state index in [1.54, 1.807) is 0 Å². The molecule has 1 radical (unpaired) electrons. The minimum absolute atomic E-state index is 0. The number of piperidine rings is 1. The molecule has 1 aromatic carbocycles. The van der Waals surface area contributed by atoms with E-state index in [-0.39, 0.29) is 34.6 Å². The van der Waals surface area contributed by atoms with E-state index in [4.69, 9.17) is 16.3 Å². The largest absolute Gasteiger partial charge is 0.434 e. The maximum absolute atomic E-state index is 13.7. The molecule has 2 aliphatic rings. The molecule has 1 amide bonds. The van der Waals surface area contributed by atoms with Crippen LogP contribution in [0, 0.1) is 11.3 Å². The average Bonchev–Trinajstić information content (AvgIpc) is 3.28. The van der Waals surface area contributed by atoms with E-state index >= 15 is 0 Å². The second-order valence-corrected chi connectivity index (χ2v) is 15.5. The van der Waals surface area contributed by atoms with Crippen LogP contribution < -0.4 is 11.1 Å². The summed E-state index contributed by atoms with van der Waals surface area (Å²) in [7, 11) is 3.44. The van der Waals surface area contributed by atoms with Gasteiger partial charge in [0.1, 0.15) is 0 Å². The van der Waals surface area contributed by atoms with Gasteiger partial charge in [0.2, 0.25) is 5.91 Å². The van der Waals surface area contributed by atoms with Crippen molar-refractivity contribution in [1.82, 2.24) is 10.2 Å². The monoisotopic (exact) mass is 608 g/mol. The van der Waals surface area contributed by atoms with Crippen LogP contribution in [0.2, 0.25) is 11.3 Å². The number of carbonyl (C=O) groups is 1. The molecular formula is C33H60BClN3O2S. The second-order valence-electron chi connectivity index (χ2n) is 13.9. The summed E-state index contributed by atoms with van der Waals surface area (Å²) in [6.07, 6.45) is 8.21. The molecule has 5 nitrogen and oxygen atoms in total. The number of hydrogen-bond acceptors (Lipinski definition) is 5. The van der Waals surface area contributed by atoms with Gasteiger partial charge in [-0.25, -0.2) is 0 Å². The Morgan fingerprint density at radius 1 is 1.07 bits per heavy atom. The van der Waals surface area contributed by atoms with Gasteiger partial charge in [0.05, 0.1) is 5.60 Å². The Morgan fingerprint density at radius 2 is 1.68 bits per heavy atom. The summed E-state index contributed by atoms with van der Waals surface area (Å²) in [5.41, 5.74) is 6.41. The molecule has 3 N–H and O–H groups in total. The Hall–Kier alpha value is -0.725. The van der Waals surface area contributed by atoms with Gasteiger partial charge in [-0.1, -0.05) is 51.2 Å². The van der Waals surface area contributed by atoms with E-state index in [0.717, 1.165) is 63.0 Å². The van der Waals surface area contributed by atoms with Gasteiger partial charge in [-0.3, -0.25) is 9.69 Å². The van der Waals surface area contributed by atoms with Gasteiger partial charge < -0.3 is 15.7 Å². The molecule has 8 heteroatoms. The molecule has 1 heterocycles. The van der Waals surface area contributed by atoms with Gasteiger partial charge in [0.25, 0.3) is 7.48 Å². The summed E-state index contributed by atoms with van der Waals surface area (Å²) >= 11 is 10.9. The van der Waals surface area contributed by atoms with E-state index in [1.807, 2.05) is 13.5 Å². The van der Waals surface area contributed by atoms with E-state index in [2.05, 4.69) is 96.1 Å². The number of amides is 1. The maximum Gasteiger partial charge on any atom is 0.293 e. The number of carbonyl (C=O) groups excluding carboxylic acids is 1. The quantitative estimate of drug-likeness (QED) is 0.136. The molecule has 1 aliphatic carbocycles. The first-order chi connectivity index (χ1) is 18.5. The number of nitrogens with zero attached hydrogens (tertiary/aromatic N) is 1. The summed E-state index contributed by atoms with van der Waals surface area (Å²) < 4.78 is 5.83. The molecule has 3 rings (SSSR count). The van der Waals surface area contributed by atoms with Crippen molar-refractivity contribution in [3.63, 3.8) is 0 Å². The molecule has 0 spiro atoms. The van der Waals surface area contributed by atoms with Crippen LogP contribution in [0.1, 0.15) is 119 Å². The molecule has 1 aromatic rings. The van der Waals surface area contributed by atoms with E-state index < -0.39 is 0 Å². The number of nitrogens with two attached hydrogens (primary N) is 1. The zero-order valence-corrected chi connectivity index (χ0v) is 28.4. The van der Waals surface area contributed by atoms with Crippen LogP contribution in [0.4, 0.5) is 0 Å². The Morgan fingerprint density at radius 3 is 2.24 bits per heavy atom. The van der Waals surface area contributed by atoms with Crippen molar-refractivity contribution in [2.45, 2.75) is 136 Å². The van der Waals surface area contributed by atoms with Crippen molar-refractivity contribution in [2.24, 2.45) is 17.1 Å². The summed E-state index contributed by atoms with van der Waals surface area (Å²) in [6, 6.07) is 6.88. The first-order valence-electron chi connectivity index (χ1n) is 15.2. The number of fused-ring (bicyclic) bond motifs is 1. The zero-order chi connectivity index (χ0) is 30.4. The van der Waals surface area contributed by atoms with Gasteiger partial charge in [-0.2, -0.15) is 12.6 Å². The highest BCUT2D eigenvalue weighted by atomic mass is 35.5. The molecule has 0 bridgehead atoms. The third kappa shape index (κ3) is 10.4. The van der Waals surface area contributed by atoms with Crippen molar-refractivity contribution < 1.29 is 9.45 Å². The molecule has 1 aliphatic heterocycles. The fourth-order valence-electron chi connectivity index (χ4n) is 5.91. The molecule has 1 fully saturated rings. The minimum atomic E-state index is -0.367. The second kappa shape index (κ2) is 15.8. The summed E-state index contributed by atoms with van der Waals surface area (Å²) in [5, 5.41) is 4.16. The third-order valence-corrected chi connectivity index (χ3v) is 9.92. The van der Waals surface area contributed by atoms with E-state index in [0.29, 0.717) is 12.0 Å². The van der Waals surface area contributed by atoms with Crippen LogP contribution in [-0.4, -0.2) is 54.3 Å². The van der Waals surface area contributed by atoms with Gasteiger partial charge in [-0.05, 0) is 130 Å². The van der Waals surface area contributed by atoms with Crippen molar-refractivity contribution >= 4 is 37.6 Å². The first kappa shape index (κ1) is 38.3. The Labute approximate surface area is 264 Å². The number of likely N-dealkylation sites (tertiary alicyclic amines) is 1. The van der Waals surface area contributed by atoms with Crippen LogP contribution in [0.3, 0.4) is 0 Å². The van der Waals surface area contributed by atoms with Crippen LogP contribution in [0.5, 0.6) is 0 Å². The van der Waals surface area contributed by atoms with Crippen LogP contribution in [0.15, 0.2) is 18.2 Å². The lowest BCUT2D eigenvalue weighted by Crippen LogP contribution is -2.52. The lowest BCUT2D eigenvalue weighted by atomic mass is 9.68. The van der Waals surface area contributed by atoms with Crippen LogP contribution >= 0.6 is 24.2 Å². The van der Waals surface area contributed by atoms with Crippen molar-refractivity contribution in [3.8, 4) is 0 Å². The third-order valence-electron chi connectivity index (χ3n) is 9.15. The topological polar surface area (TPSA) is 67.6 Å². The molecule has 1 saturated heterocycles. The first-order valence-corrected chi connectivity index (χ1v) is 16.0. The minimum Gasteiger partial charge on any atom is -0.434 e. The predicted octanol–water partition coefficient (Wildman–Crippen LogP) is 7.88. The molecule has 2 atom stereocenters. The number of aryl methyl sites for hydroxylation is 1. The molecular weight excluding hydrogens is 549 g/mol. The fraction of sp³-hybridized carbons (Fsp3) is 0.788. The molecule has 2 unspecified atom stereocenters. The normalized spacial score (nSPS) is 19.8. The van der Waals surface area contributed by atoms with Crippen LogP contribution in [-0.2, 0) is 15.9 Å². The number of nitrogens with one attached hydrogen (secondary N) is 1. The molecule has 235 valence electrons. The zero-order valence-electron chi connectivity index (χ0n) is 26.7. The number of unbranched alkanes of at least 4 members (excludes halogenated alkanes) is 1. The molecule has 0 aromatic heterocycles. The van der Waals surface area contributed by atoms with Crippen molar-refractivity contribution in [1.29, 1.82) is 0 Å². The van der Waals surface area contributed by atoms with Crippen molar-refractivity contribution in [3.05, 3.63) is 34.3 Å². The van der Waals surface area contributed by atoms with Crippen molar-refractivity contribution in [2.75, 3.05) is 20.1 Å². The van der Waals surface area contributed by atoms with Gasteiger partial charge in [0, 0.05) is 26.8 Å². The Balaban J connectivity index is 0.00000274. The lowest BCUT2D eigenvalue weighted by molar-refractivity contribution is -0.137. The maximum atomic E-state index is 13.7. The fourth-order valence-corrected chi connectivity index (χ4v) is 6.16. The lowest BCUT2D eigenvalue weighted by Gasteiger charge is -2.44. The number of benzene rings is 1. The number of halogens is 1. The summed E-state index contributed by atoms with van der Waals surface area (Å²) in [5.74, 6) is 0.596. The number of thiol groups is 1. The highest BCUT2D eigenvalue weighted by Crippen LogP contribution is 2.44. The Kier molecular flexibility index (Phi) is 14.8. The Bertz CT molecular complexity index is 955. The smallest absolute Gasteiger partial charge is 0.293 e. The number of hydrogen-bond donors (Lipinski definition) is 3. The highest BCUT2D eigenvalue weighted by Gasteiger charge is 2.44. The average molecular weight is 609 g/mol. The molecule has 41 heavy (non-hydrogen) atoms. The predicted molar refractivity (Wildman–Crippen MR) is 182 cm³/mol. The van der Waals surface area contributed by atoms with Gasteiger partial charge in [-0.15, -0.1) is 0 Å². The standard InChI is InChI=1S/C31H51BClN2O2S.CH5N.CH4/c1-28(2,3)34-27(36)31(8,17-9-10-18-32-37-29(4,5)30(6,7)38)23-15-19-35(20-16-23)26-14-11-22-21-24(33)12-13-25(22)26;1-2;/h12-13,21,23,26,38H,9-11,14-20H2,1-8H3,(H,34,36);2H2,1H3;1H4. The summed E-state index contributed by atoms with van der Waals surface area (Å²) in [4.78, 5) is 16.3. The van der Waals surface area contributed by atoms with Gasteiger partial charge in [0.15, 0.2) is 0 Å². The summed E-state index contributed by atoms with van der Waals surface area (Å²) in [6.45, 7) is 18.9. The highest BCUT2D eigenvalue weighted by molar-refractivity contribution is 7.81. The van der Waals surface area contributed by atoms with Gasteiger partial charge >= 0.3 is 0 Å². The number of rotatable bonds is 11.